The van der Waals surface area contributed by atoms with Gasteiger partial charge in [-0.15, -0.1) is 0 Å². The first-order valence-electron chi connectivity index (χ1n) is 12.3. The zero-order chi connectivity index (χ0) is 25.2. The van der Waals surface area contributed by atoms with Crippen molar-refractivity contribution in [2.45, 2.75) is 64.3 Å². The van der Waals surface area contributed by atoms with Gasteiger partial charge in [0.25, 0.3) is 5.91 Å². The van der Waals surface area contributed by atoms with E-state index in [0.717, 1.165) is 30.8 Å². The molecular formula is C26H29N5O5. The third-order valence-electron chi connectivity index (χ3n) is 7.05. The number of amides is 4. The van der Waals surface area contributed by atoms with Crippen LogP contribution in [0.15, 0.2) is 36.5 Å². The standard InChI is InChI=1S/C26H29N5O5/c1-16-4-2-3-11-30(16)22-9-7-19(13-27-22)28-26(35)36-15-17-5-6-18-14-31(25(34)20(18)12-17)21-8-10-23(32)29-24(21)33/h5-7,9,12-13,16,21H,2-4,8,10-11,14-15H2,1H3,(H,28,35)(H,29,32,33). The Morgan fingerprint density at radius 2 is 2.00 bits per heavy atom. The number of benzene rings is 1. The largest absolute Gasteiger partial charge is 0.444 e. The molecule has 2 fully saturated rings. The van der Waals surface area contributed by atoms with Gasteiger partial charge in [0.05, 0.1) is 11.9 Å². The molecule has 2 saturated heterocycles. The summed E-state index contributed by atoms with van der Waals surface area (Å²) in [4.78, 5) is 57.2. The molecular weight excluding hydrogens is 462 g/mol. The average molecular weight is 492 g/mol. The van der Waals surface area contributed by atoms with Crippen LogP contribution in [0.4, 0.5) is 16.3 Å². The Morgan fingerprint density at radius 1 is 1.14 bits per heavy atom. The van der Waals surface area contributed by atoms with E-state index in [0.29, 0.717) is 35.8 Å². The minimum atomic E-state index is -0.661. The fourth-order valence-electron chi connectivity index (χ4n) is 5.06. The van der Waals surface area contributed by atoms with Crippen molar-refractivity contribution in [3.05, 3.63) is 53.2 Å². The van der Waals surface area contributed by atoms with E-state index < -0.39 is 18.0 Å². The molecule has 2 N–H and O–H groups in total. The number of imide groups is 1. The van der Waals surface area contributed by atoms with E-state index in [1.54, 1.807) is 24.4 Å². The molecule has 0 saturated carbocycles. The van der Waals surface area contributed by atoms with Crippen molar-refractivity contribution >= 4 is 35.3 Å². The van der Waals surface area contributed by atoms with Gasteiger partial charge in [-0.3, -0.25) is 25.0 Å². The van der Waals surface area contributed by atoms with E-state index in [4.69, 9.17) is 4.74 Å². The van der Waals surface area contributed by atoms with Crippen LogP contribution < -0.4 is 15.5 Å². The van der Waals surface area contributed by atoms with Crippen molar-refractivity contribution in [3.63, 3.8) is 0 Å². The molecule has 188 valence electrons. The van der Waals surface area contributed by atoms with Crippen LogP contribution in [0.1, 0.15) is 60.5 Å². The fraction of sp³-hybridized carbons (Fsp3) is 0.423. The number of rotatable bonds is 5. The summed E-state index contributed by atoms with van der Waals surface area (Å²) >= 11 is 0. The number of anilines is 2. The maximum Gasteiger partial charge on any atom is 0.412 e. The SMILES string of the molecule is CC1CCCCN1c1ccc(NC(=O)OCc2ccc3c(c2)C(=O)N(C2CCC(=O)NC2=O)C3)cn1. The highest BCUT2D eigenvalue weighted by atomic mass is 16.5. The molecule has 4 heterocycles. The molecule has 10 heteroatoms. The molecule has 1 aromatic carbocycles. The second-order valence-corrected chi connectivity index (χ2v) is 9.54. The third-order valence-corrected chi connectivity index (χ3v) is 7.05. The van der Waals surface area contributed by atoms with Crippen LogP contribution in [0.2, 0.25) is 0 Å². The number of piperidine rings is 2. The second-order valence-electron chi connectivity index (χ2n) is 9.54. The lowest BCUT2D eigenvalue weighted by molar-refractivity contribution is -0.136. The van der Waals surface area contributed by atoms with Gasteiger partial charge in [-0.1, -0.05) is 12.1 Å². The van der Waals surface area contributed by atoms with E-state index in [9.17, 15) is 19.2 Å². The number of nitrogens with one attached hydrogen (secondary N) is 2. The monoisotopic (exact) mass is 491 g/mol. The molecule has 1 aromatic heterocycles. The van der Waals surface area contributed by atoms with Crippen LogP contribution in [0.25, 0.3) is 0 Å². The zero-order valence-corrected chi connectivity index (χ0v) is 20.2. The Kier molecular flexibility index (Phi) is 6.58. The summed E-state index contributed by atoms with van der Waals surface area (Å²) in [6.07, 6.45) is 5.06. The number of ether oxygens (including phenoxy) is 1. The minimum Gasteiger partial charge on any atom is -0.444 e. The predicted molar refractivity (Wildman–Crippen MR) is 131 cm³/mol. The molecule has 0 spiro atoms. The van der Waals surface area contributed by atoms with E-state index in [1.807, 2.05) is 12.1 Å². The fourth-order valence-corrected chi connectivity index (χ4v) is 5.06. The van der Waals surface area contributed by atoms with Crippen molar-refractivity contribution in [2.75, 3.05) is 16.8 Å². The van der Waals surface area contributed by atoms with Crippen molar-refractivity contribution in [2.24, 2.45) is 0 Å². The third kappa shape index (κ3) is 4.89. The summed E-state index contributed by atoms with van der Waals surface area (Å²) in [6, 6.07) is 8.79. The van der Waals surface area contributed by atoms with E-state index in [1.165, 1.54) is 11.3 Å². The van der Waals surface area contributed by atoms with E-state index in [-0.39, 0.29) is 24.8 Å². The quantitative estimate of drug-likeness (QED) is 0.617. The maximum atomic E-state index is 12.9. The lowest BCUT2D eigenvalue weighted by Gasteiger charge is -2.34. The normalized spacial score (nSPS) is 21.8. The molecule has 3 aliphatic rings. The van der Waals surface area contributed by atoms with Gasteiger partial charge in [0.2, 0.25) is 11.8 Å². The van der Waals surface area contributed by atoms with Crippen LogP contribution >= 0.6 is 0 Å². The molecule has 2 aromatic rings. The zero-order valence-electron chi connectivity index (χ0n) is 20.2. The molecule has 10 nitrogen and oxygen atoms in total. The van der Waals surface area contributed by atoms with Crippen LogP contribution in [-0.2, 0) is 27.5 Å². The lowest BCUT2D eigenvalue weighted by atomic mass is 10.0. The molecule has 4 amide bonds. The van der Waals surface area contributed by atoms with Crippen LogP contribution in [0.5, 0.6) is 0 Å². The summed E-state index contributed by atoms with van der Waals surface area (Å²) in [5, 5.41) is 4.98. The van der Waals surface area contributed by atoms with Crippen molar-refractivity contribution < 1.29 is 23.9 Å². The van der Waals surface area contributed by atoms with Gasteiger partial charge in [0, 0.05) is 31.1 Å². The van der Waals surface area contributed by atoms with Crippen molar-refractivity contribution in [1.29, 1.82) is 0 Å². The van der Waals surface area contributed by atoms with Crippen LogP contribution in [-0.4, -0.2) is 52.3 Å². The number of hydrogen-bond acceptors (Lipinski definition) is 7. The molecule has 5 rings (SSSR count). The smallest absolute Gasteiger partial charge is 0.412 e. The molecule has 0 aliphatic carbocycles. The molecule has 2 atom stereocenters. The van der Waals surface area contributed by atoms with Gasteiger partial charge in [-0.25, -0.2) is 9.78 Å². The first kappa shape index (κ1) is 23.8. The predicted octanol–water partition coefficient (Wildman–Crippen LogP) is 2.97. The number of hydrogen-bond donors (Lipinski definition) is 2. The second kappa shape index (κ2) is 9.96. The number of carbonyl (C=O) groups excluding carboxylic acids is 4. The summed E-state index contributed by atoms with van der Waals surface area (Å²) < 4.78 is 5.35. The Bertz CT molecular complexity index is 1200. The van der Waals surface area contributed by atoms with Gasteiger partial charge >= 0.3 is 6.09 Å². The maximum absolute atomic E-state index is 12.9. The highest BCUT2D eigenvalue weighted by molar-refractivity contribution is 6.05. The summed E-state index contributed by atoms with van der Waals surface area (Å²) in [5.41, 5.74) is 2.48. The number of pyridine rings is 1. The van der Waals surface area contributed by atoms with E-state index in [2.05, 4.69) is 27.4 Å². The number of aromatic nitrogens is 1. The number of carbonyl (C=O) groups is 4. The van der Waals surface area contributed by atoms with Crippen molar-refractivity contribution in [1.82, 2.24) is 15.2 Å². The highest BCUT2D eigenvalue weighted by Gasteiger charge is 2.39. The Labute approximate surface area is 209 Å². The molecule has 0 bridgehead atoms. The van der Waals surface area contributed by atoms with Crippen molar-refractivity contribution in [3.8, 4) is 0 Å². The minimum absolute atomic E-state index is 0.0123. The highest BCUT2D eigenvalue weighted by Crippen LogP contribution is 2.28. The van der Waals surface area contributed by atoms with Crippen LogP contribution in [0.3, 0.4) is 0 Å². The van der Waals surface area contributed by atoms with Gasteiger partial charge in [0.15, 0.2) is 0 Å². The van der Waals surface area contributed by atoms with Crippen LogP contribution in [0, 0.1) is 0 Å². The van der Waals surface area contributed by atoms with E-state index >= 15 is 0 Å². The summed E-state index contributed by atoms with van der Waals surface area (Å²) in [7, 11) is 0. The topological polar surface area (TPSA) is 121 Å². The first-order valence-corrected chi connectivity index (χ1v) is 12.3. The van der Waals surface area contributed by atoms with Gasteiger partial charge in [0.1, 0.15) is 18.5 Å². The van der Waals surface area contributed by atoms with Gasteiger partial charge in [-0.2, -0.15) is 0 Å². The summed E-state index contributed by atoms with van der Waals surface area (Å²) in [5.74, 6) is -0.127. The first-order chi connectivity index (χ1) is 17.4. The van der Waals surface area contributed by atoms with Gasteiger partial charge < -0.3 is 14.5 Å². The lowest BCUT2D eigenvalue weighted by Crippen LogP contribution is -2.52. The average Bonchev–Trinajstić information content (AvgIpc) is 3.19. The number of fused-ring (bicyclic) bond motifs is 1. The molecule has 36 heavy (non-hydrogen) atoms. The number of nitrogens with zero attached hydrogens (tertiary/aromatic N) is 3. The Hall–Kier alpha value is -3.95. The Morgan fingerprint density at radius 3 is 2.75 bits per heavy atom. The Balaban J connectivity index is 1.16. The molecule has 3 aliphatic heterocycles. The molecule has 2 unspecified atom stereocenters. The summed E-state index contributed by atoms with van der Waals surface area (Å²) in [6.45, 7) is 3.48. The molecule has 0 radical (unpaired) electrons. The van der Waals surface area contributed by atoms with Gasteiger partial charge in [-0.05, 0) is 61.9 Å².